The van der Waals surface area contributed by atoms with Gasteiger partial charge in [0, 0.05) is 17.5 Å². The average molecular weight is 563 g/mol. The molecule has 0 bridgehead atoms. The molecule has 11 heteroatoms. The van der Waals surface area contributed by atoms with Crippen molar-refractivity contribution >= 4 is 5.91 Å². The fourth-order valence-corrected chi connectivity index (χ4v) is 5.07. The van der Waals surface area contributed by atoms with E-state index >= 15 is 0 Å². The number of carbonyl (C=O) groups is 1. The van der Waals surface area contributed by atoms with Crippen molar-refractivity contribution in [2.24, 2.45) is 0 Å². The van der Waals surface area contributed by atoms with Crippen molar-refractivity contribution in [2.45, 2.75) is 82.6 Å². The lowest BCUT2D eigenvalue weighted by molar-refractivity contribution is -0.143. The van der Waals surface area contributed by atoms with E-state index < -0.39 is 53.0 Å². The minimum atomic E-state index is -4.97. The van der Waals surface area contributed by atoms with E-state index in [0.29, 0.717) is 30.5 Å². The van der Waals surface area contributed by atoms with Crippen LogP contribution in [0.5, 0.6) is 0 Å². The predicted octanol–water partition coefficient (Wildman–Crippen LogP) is 7.10. The van der Waals surface area contributed by atoms with Gasteiger partial charge in [0.25, 0.3) is 0 Å². The number of nitrogens with one attached hydrogen (secondary N) is 1. The standard InChI is InChI=1S/C28H33F7N2O2/c1-16(18-12-19(27(30,31)32)14-20(13-18)28(33,34)35)39-23-11-10-22(25(23)17-6-8-21(29)9-7-17)37(5)15-24(38)36-26(2,3)4/h6-9,12-14,16,22-23,25H,10-11,15H2,1-5H3,(H,36,38)/t16-,22?,23?,25?/m0/s1. The Morgan fingerprint density at radius 2 is 1.51 bits per heavy atom. The molecule has 0 radical (unpaired) electrons. The molecule has 2 aromatic carbocycles. The van der Waals surface area contributed by atoms with Crippen LogP contribution < -0.4 is 5.32 Å². The maximum absolute atomic E-state index is 13.7. The molecule has 4 nitrogen and oxygen atoms in total. The van der Waals surface area contributed by atoms with Crippen molar-refractivity contribution in [3.05, 3.63) is 70.5 Å². The molecule has 216 valence electrons. The highest BCUT2D eigenvalue weighted by Crippen LogP contribution is 2.43. The summed E-state index contributed by atoms with van der Waals surface area (Å²) in [7, 11) is 1.76. The summed E-state index contributed by atoms with van der Waals surface area (Å²) in [6.45, 7) is 7.02. The second-order valence-corrected chi connectivity index (χ2v) is 11.1. The molecule has 1 aliphatic rings. The van der Waals surface area contributed by atoms with E-state index in [4.69, 9.17) is 4.74 Å². The summed E-state index contributed by atoms with van der Waals surface area (Å²) in [4.78, 5) is 14.4. The van der Waals surface area contributed by atoms with Crippen LogP contribution in [-0.2, 0) is 21.9 Å². The lowest BCUT2D eigenvalue weighted by Crippen LogP contribution is -2.48. The van der Waals surface area contributed by atoms with Crippen LogP contribution in [0.2, 0.25) is 0 Å². The van der Waals surface area contributed by atoms with E-state index in [0.717, 1.165) is 0 Å². The number of ether oxygens (including phenoxy) is 1. The smallest absolute Gasteiger partial charge is 0.370 e. The van der Waals surface area contributed by atoms with Crippen molar-refractivity contribution in [3.8, 4) is 0 Å². The van der Waals surface area contributed by atoms with Gasteiger partial charge in [-0.15, -0.1) is 0 Å². The van der Waals surface area contributed by atoms with Gasteiger partial charge in [0.05, 0.1) is 29.9 Å². The normalized spacial score (nSPS) is 21.3. The molecule has 0 saturated heterocycles. The average Bonchev–Trinajstić information content (AvgIpc) is 3.20. The maximum atomic E-state index is 13.7. The van der Waals surface area contributed by atoms with Gasteiger partial charge in [-0.1, -0.05) is 12.1 Å². The van der Waals surface area contributed by atoms with Crippen LogP contribution in [0.3, 0.4) is 0 Å². The first kappa shape index (κ1) is 30.9. The van der Waals surface area contributed by atoms with Gasteiger partial charge in [-0.2, -0.15) is 26.3 Å². The Morgan fingerprint density at radius 1 is 0.974 bits per heavy atom. The fraction of sp³-hybridized carbons (Fsp3) is 0.536. The number of rotatable bonds is 7. The zero-order valence-electron chi connectivity index (χ0n) is 22.4. The molecule has 0 aromatic heterocycles. The molecule has 4 atom stereocenters. The number of alkyl halides is 6. The van der Waals surface area contributed by atoms with Crippen molar-refractivity contribution in [1.82, 2.24) is 10.2 Å². The van der Waals surface area contributed by atoms with Gasteiger partial charge in [-0.3, -0.25) is 9.69 Å². The summed E-state index contributed by atoms with van der Waals surface area (Å²) in [5, 5.41) is 2.89. The molecule has 1 amide bonds. The van der Waals surface area contributed by atoms with Crippen LogP contribution >= 0.6 is 0 Å². The third-order valence-electron chi connectivity index (χ3n) is 6.75. The van der Waals surface area contributed by atoms with Crippen LogP contribution in [0.1, 0.15) is 74.8 Å². The molecular formula is C28H33F7N2O2. The van der Waals surface area contributed by atoms with Gasteiger partial charge in [-0.25, -0.2) is 4.39 Å². The molecule has 3 rings (SSSR count). The quantitative estimate of drug-likeness (QED) is 0.366. The minimum absolute atomic E-state index is 0.0600. The van der Waals surface area contributed by atoms with E-state index in [2.05, 4.69) is 5.32 Å². The van der Waals surface area contributed by atoms with Crippen LogP contribution in [0.4, 0.5) is 30.7 Å². The summed E-state index contributed by atoms with van der Waals surface area (Å²) < 4.78 is 100. The number of carbonyl (C=O) groups excluding carboxylic acids is 1. The molecule has 0 heterocycles. The summed E-state index contributed by atoms with van der Waals surface area (Å²) >= 11 is 0. The number of halogens is 7. The molecule has 0 spiro atoms. The number of amides is 1. The van der Waals surface area contributed by atoms with Gasteiger partial charge in [0.2, 0.25) is 5.91 Å². The van der Waals surface area contributed by atoms with E-state index in [9.17, 15) is 35.5 Å². The second kappa shape index (κ2) is 11.4. The maximum Gasteiger partial charge on any atom is 0.416 e. The lowest BCUT2D eigenvalue weighted by atomic mass is 9.91. The van der Waals surface area contributed by atoms with Gasteiger partial charge in [-0.05, 0) is 89.0 Å². The highest BCUT2D eigenvalue weighted by Gasteiger charge is 2.42. The second-order valence-electron chi connectivity index (χ2n) is 11.1. The molecular weight excluding hydrogens is 529 g/mol. The van der Waals surface area contributed by atoms with Crippen molar-refractivity contribution < 1.29 is 40.3 Å². The fourth-order valence-electron chi connectivity index (χ4n) is 5.07. The number of hydrogen-bond acceptors (Lipinski definition) is 3. The predicted molar refractivity (Wildman–Crippen MR) is 132 cm³/mol. The van der Waals surface area contributed by atoms with Gasteiger partial charge in [0.15, 0.2) is 0 Å². The third-order valence-corrected chi connectivity index (χ3v) is 6.75. The van der Waals surface area contributed by atoms with Crippen molar-refractivity contribution in [1.29, 1.82) is 0 Å². The van der Waals surface area contributed by atoms with E-state index in [-0.39, 0.29) is 30.1 Å². The van der Waals surface area contributed by atoms with Crippen LogP contribution in [-0.4, -0.2) is 42.1 Å². The van der Waals surface area contributed by atoms with Crippen LogP contribution in [0.25, 0.3) is 0 Å². The van der Waals surface area contributed by atoms with E-state index in [1.807, 2.05) is 25.7 Å². The Labute approximate surface area is 223 Å². The summed E-state index contributed by atoms with van der Waals surface area (Å²) in [6.07, 6.45) is -10.7. The first-order valence-electron chi connectivity index (χ1n) is 12.6. The van der Waals surface area contributed by atoms with Gasteiger partial charge < -0.3 is 10.1 Å². The van der Waals surface area contributed by atoms with Crippen LogP contribution in [0, 0.1) is 5.82 Å². The first-order chi connectivity index (χ1) is 17.8. The molecule has 1 saturated carbocycles. The van der Waals surface area contributed by atoms with E-state index in [1.165, 1.54) is 19.1 Å². The Morgan fingerprint density at radius 3 is 2.00 bits per heavy atom. The summed E-state index contributed by atoms with van der Waals surface area (Å²) in [5.41, 5.74) is -2.82. The summed E-state index contributed by atoms with van der Waals surface area (Å²) in [6, 6.07) is 6.89. The highest BCUT2D eigenvalue weighted by molar-refractivity contribution is 5.78. The molecule has 1 fully saturated rings. The highest BCUT2D eigenvalue weighted by atomic mass is 19.4. The van der Waals surface area contributed by atoms with Gasteiger partial charge in [0.1, 0.15) is 5.82 Å². The summed E-state index contributed by atoms with van der Waals surface area (Å²) in [5.74, 6) is -1.07. The minimum Gasteiger partial charge on any atom is -0.370 e. The van der Waals surface area contributed by atoms with Gasteiger partial charge >= 0.3 is 12.4 Å². The monoisotopic (exact) mass is 562 g/mol. The van der Waals surface area contributed by atoms with Crippen molar-refractivity contribution in [3.63, 3.8) is 0 Å². The zero-order chi connectivity index (χ0) is 29.3. The molecule has 2 aromatic rings. The molecule has 1 N–H and O–H groups in total. The third kappa shape index (κ3) is 8.17. The molecule has 3 unspecified atom stereocenters. The largest absolute Gasteiger partial charge is 0.416 e. The Hall–Kier alpha value is -2.66. The van der Waals surface area contributed by atoms with E-state index in [1.54, 1.807) is 19.2 Å². The Kier molecular flexibility index (Phi) is 9.06. The number of likely N-dealkylation sites (N-methyl/N-ethyl adjacent to an activating group) is 1. The van der Waals surface area contributed by atoms with Crippen molar-refractivity contribution in [2.75, 3.05) is 13.6 Å². The number of hydrogen-bond donors (Lipinski definition) is 1. The molecule has 1 aliphatic carbocycles. The first-order valence-corrected chi connectivity index (χ1v) is 12.6. The Balaban J connectivity index is 1.90. The number of nitrogens with zero attached hydrogens (tertiary/aromatic N) is 1. The zero-order valence-corrected chi connectivity index (χ0v) is 22.4. The SMILES string of the molecule is C[C@H](OC1CCC(N(C)CC(=O)NC(C)(C)C)C1c1ccc(F)cc1)c1cc(C(F)(F)F)cc(C(F)(F)F)c1. The van der Waals surface area contributed by atoms with Crippen LogP contribution in [0.15, 0.2) is 42.5 Å². The molecule has 39 heavy (non-hydrogen) atoms. The number of benzene rings is 2. The molecule has 0 aliphatic heterocycles. The topological polar surface area (TPSA) is 41.6 Å². The lowest BCUT2D eigenvalue weighted by Gasteiger charge is -2.33. The Bertz CT molecular complexity index is 1110.